The van der Waals surface area contributed by atoms with Crippen LogP contribution in [0, 0.1) is 6.92 Å². The number of aryl methyl sites for hydroxylation is 1. The summed E-state index contributed by atoms with van der Waals surface area (Å²) < 4.78 is 31.7. The Bertz CT molecular complexity index is 884. The molecule has 0 spiro atoms. The summed E-state index contributed by atoms with van der Waals surface area (Å²) >= 11 is 0. The van der Waals surface area contributed by atoms with Crippen LogP contribution in [0.25, 0.3) is 0 Å². The molecule has 7 heteroatoms. The van der Waals surface area contributed by atoms with Crippen LogP contribution >= 0.6 is 0 Å². The Labute approximate surface area is 167 Å². The summed E-state index contributed by atoms with van der Waals surface area (Å²) in [6.07, 6.45) is 1.46. The molecule has 2 unspecified atom stereocenters. The molecule has 0 bridgehead atoms. The van der Waals surface area contributed by atoms with Crippen molar-refractivity contribution in [3.05, 3.63) is 60.2 Å². The van der Waals surface area contributed by atoms with Gasteiger partial charge in [0, 0.05) is 0 Å². The van der Waals surface area contributed by atoms with Crippen LogP contribution < -0.4 is 14.4 Å². The van der Waals surface area contributed by atoms with E-state index in [2.05, 4.69) is 5.32 Å². The Morgan fingerprint density at radius 1 is 1.11 bits per heavy atom. The maximum atomic E-state index is 12.9. The lowest BCUT2D eigenvalue weighted by Gasteiger charge is -2.31. The SMILES string of the molecule is CCC(C(=O)NC(C)COc1ccccc1C)N(c1ccccc1)S(C)(=O)=O. The Hall–Kier alpha value is -2.54. The second-order valence-electron chi connectivity index (χ2n) is 6.80. The number of hydrogen-bond donors (Lipinski definition) is 1. The Morgan fingerprint density at radius 3 is 2.29 bits per heavy atom. The lowest BCUT2D eigenvalue weighted by atomic mass is 10.1. The van der Waals surface area contributed by atoms with E-state index in [0.29, 0.717) is 12.1 Å². The van der Waals surface area contributed by atoms with Crippen LogP contribution in [-0.4, -0.2) is 39.3 Å². The molecule has 152 valence electrons. The van der Waals surface area contributed by atoms with Gasteiger partial charge in [-0.1, -0.05) is 43.3 Å². The lowest BCUT2D eigenvalue weighted by Crippen LogP contribution is -2.52. The topological polar surface area (TPSA) is 75.7 Å². The highest BCUT2D eigenvalue weighted by atomic mass is 32.2. The van der Waals surface area contributed by atoms with E-state index in [9.17, 15) is 13.2 Å². The van der Waals surface area contributed by atoms with Crippen molar-refractivity contribution in [3.63, 3.8) is 0 Å². The quantitative estimate of drug-likeness (QED) is 0.697. The molecular weight excluding hydrogens is 376 g/mol. The van der Waals surface area contributed by atoms with Gasteiger partial charge in [-0.3, -0.25) is 9.10 Å². The largest absolute Gasteiger partial charge is 0.491 e. The minimum Gasteiger partial charge on any atom is -0.491 e. The fourth-order valence-electron chi connectivity index (χ4n) is 2.95. The first kappa shape index (κ1) is 21.8. The van der Waals surface area contributed by atoms with Crippen molar-refractivity contribution >= 4 is 21.6 Å². The van der Waals surface area contributed by atoms with Gasteiger partial charge in [0.05, 0.1) is 18.0 Å². The zero-order valence-corrected chi connectivity index (χ0v) is 17.6. The summed E-state index contributed by atoms with van der Waals surface area (Å²) in [6, 6.07) is 15.2. The van der Waals surface area contributed by atoms with Crippen LogP contribution in [0.2, 0.25) is 0 Å². The number of hydrogen-bond acceptors (Lipinski definition) is 4. The zero-order chi connectivity index (χ0) is 20.7. The third-order valence-corrected chi connectivity index (χ3v) is 5.49. The highest BCUT2D eigenvalue weighted by Gasteiger charge is 2.31. The monoisotopic (exact) mass is 404 g/mol. The van der Waals surface area contributed by atoms with E-state index in [0.717, 1.165) is 17.6 Å². The van der Waals surface area contributed by atoms with Crippen LogP contribution in [0.5, 0.6) is 5.75 Å². The second kappa shape index (κ2) is 9.59. The molecule has 0 aliphatic rings. The van der Waals surface area contributed by atoms with E-state index in [1.807, 2.05) is 38.1 Å². The van der Waals surface area contributed by atoms with E-state index >= 15 is 0 Å². The van der Waals surface area contributed by atoms with Gasteiger partial charge in [0.25, 0.3) is 0 Å². The lowest BCUT2D eigenvalue weighted by molar-refractivity contribution is -0.123. The highest BCUT2D eigenvalue weighted by molar-refractivity contribution is 7.92. The maximum Gasteiger partial charge on any atom is 0.244 e. The predicted octanol–water partition coefficient (Wildman–Crippen LogP) is 3.12. The number of para-hydroxylation sites is 2. The van der Waals surface area contributed by atoms with Gasteiger partial charge in [0.1, 0.15) is 18.4 Å². The summed E-state index contributed by atoms with van der Waals surface area (Å²) in [5, 5.41) is 2.87. The van der Waals surface area contributed by atoms with Gasteiger partial charge in [0.15, 0.2) is 0 Å². The number of carbonyl (C=O) groups is 1. The average molecular weight is 405 g/mol. The fraction of sp³-hybridized carbons (Fsp3) is 0.381. The van der Waals surface area contributed by atoms with Gasteiger partial charge < -0.3 is 10.1 Å². The number of sulfonamides is 1. The van der Waals surface area contributed by atoms with Crippen molar-refractivity contribution in [2.45, 2.75) is 39.3 Å². The molecule has 28 heavy (non-hydrogen) atoms. The van der Waals surface area contributed by atoms with Gasteiger partial charge in [-0.25, -0.2) is 8.42 Å². The number of benzene rings is 2. The fourth-order valence-corrected chi connectivity index (χ4v) is 4.16. The molecule has 2 rings (SSSR count). The summed E-state index contributed by atoms with van der Waals surface area (Å²) in [5.41, 5.74) is 1.48. The molecule has 0 saturated carbocycles. The van der Waals surface area contributed by atoms with Crippen molar-refractivity contribution in [3.8, 4) is 5.75 Å². The van der Waals surface area contributed by atoms with Crippen LogP contribution in [0.4, 0.5) is 5.69 Å². The first-order valence-corrected chi connectivity index (χ1v) is 11.1. The number of amides is 1. The number of nitrogens with one attached hydrogen (secondary N) is 1. The molecule has 0 aliphatic carbocycles. The number of carbonyl (C=O) groups excluding carboxylic acids is 1. The maximum absolute atomic E-state index is 12.9. The molecule has 2 aromatic rings. The Kier molecular flexibility index (Phi) is 7.45. The van der Waals surface area contributed by atoms with E-state index in [1.165, 1.54) is 4.31 Å². The normalized spacial score (nSPS) is 13.4. The molecule has 0 saturated heterocycles. The van der Waals surface area contributed by atoms with Crippen molar-refractivity contribution in [1.82, 2.24) is 5.32 Å². The molecule has 0 heterocycles. The summed E-state index contributed by atoms with van der Waals surface area (Å²) in [5.74, 6) is 0.412. The Balaban J connectivity index is 2.09. The molecule has 6 nitrogen and oxygen atoms in total. The van der Waals surface area contributed by atoms with Gasteiger partial charge in [0.2, 0.25) is 15.9 Å². The summed E-state index contributed by atoms with van der Waals surface area (Å²) in [6.45, 7) is 5.86. The second-order valence-corrected chi connectivity index (χ2v) is 8.66. The molecule has 0 aliphatic heterocycles. The standard InChI is InChI=1S/C21H28N2O4S/c1-5-19(23(28(4,25)26)18-12-7-6-8-13-18)21(24)22-17(3)15-27-20-14-10-9-11-16(20)2/h6-14,17,19H,5,15H2,1-4H3,(H,22,24). The van der Waals surface area contributed by atoms with Crippen molar-refractivity contribution < 1.29 is 17.9 Å². The molecule has 0 radical (unpaired) electrons. The first-order chi connectivity index (χ1) is 13.2. The molecule has 0 aromatic heterocycles. The number of rotatable bonds is 9. The van der Waals surface area contributed by atoms with Gasteiger partial charge in [-0.15, -0.1) is 0 Å². The summed E-state index contributed by atoms with van der Waals surface area (Å²) in [7, 11) is -3.63. The minimum absolute atomic E-state index is 0.279. The third kappa shape index (κ3) is 5.73. The molecule has 2 atom stereocenters. The van der Waals surface area contributed by atoms with E-state index < -0.39 is 16.1 Å². The van der Waals surface area contributed by atoms with Crippen LogP contribution in [0.1, 0.15) is 25.8 Å². The smallest absolute Gasteiger partial charge is 0.244 e. The van der Waals surface area contributed by atoms with Crippen LogP contribution in [0.15, 0.2) is 54.6 Å². The van der Waals surface area contributed by atoms with Gasteiger partial charge in [-0.2, -0.15) is 0 Å². The van der Waals surface area contributed by atoms with Crippen molar-refractivity contribution in [2.75, 3.05) is 17.2 Å². The van der Waals surface area contributed by atoms with Crippen LogP contribution in [-0.2, 0) is 14.8 Å². The van der Waals surface area contributed by atoms with Crippen molar-refractivity contribution in [1.29, 1.82) is 0 Å². The van der Waals surface area contributed by atoms with Gasteiger partial charge >= 0.3 is 0 Å². The molecule has 1 amide bonds. The highest BCUT2D eigenvalue weighted by Crippen LogP contribution is 2.22. The number of ether oxygens (including phenoxy) is 1. The average Bonchev–Trinajstić information content (AvgIpc) is 2.64. The number of anilines is 1. The molecule has 2 aromatic carbocycles. The zero-order valence-electron chi connectivity index (χ0n) is 16.8. The Morgan fingerprint density at radius 2 is 1.71 bits per heavy atom. The van der Waals surface area contributed by atoms with Gasteiger partial charge in [-0.05, 0) is 44.0 Å². The summed E-state index contributed by atoms with van der Waals surface area (Å²) in [4.78, 5) is 12.9. The molecule has 1 N–H and O–H groups in total. The third-order valence-electron chi connectivity index (χ3n) is 4.31. The first-order valence-electron chi connectivity index (χ1n) is 9.27. The van der Waals surface area contributed by atoms with E-state index in [-0.39, 0.29) is 18.6 Å². The predicted molar refractivity (Wildman–Crippen MR) is 112 cm³/mol. The molecule has 0 fully saturated rings. The minimum atomic E-state index is -3.63. The number of nitrogens with zero attached hydrogens (tertiary/aromatic N) is 1. The van der Waals surface area contributed by atoms with Crippen molar-refractivity contribution in [2.24, 2.45) is 0 Å². The molecular formula is C21H28N2O4S. The van der Waals surface area contributed by atoms with Crippen LogP contribution in [0.3, 0.4) is 0 Å². The van der Waals surface area contributed by atoms with E-state index in [1.54, 1.807) is 37.3 Å². The van der Waals surface area contributed by atoms with E-state index in [4.69, 9.17) is 4.74 Å².